The molecule has 1 saturated heterocycles. The van der Waals surface area contributed by atoms with Crippen LogP contribution in [0.1, 0.15) is 33.6 Å². The number of hydrogen-bond donors (Lipinski definition) is 1. The quantitative estimate of drug-likeness (QED) is 0.835. The lowest BCUT2D eigenvalue weighted by Crippen LogP contribution is -2.49. The van der Waals surface area contributed by atoms with E-state index < -0.39 is 17.7 Å². The van der Waals surface area contributed by atoms with Gasteiger partial charge in [0.1, 0.15) is 0 Å². The number of β-amino-alcohol motifs (C(OH)–C–C–N with tert-alkyl or cyclic N) is 1. The lowest BCUT2D eigenvalue weighted by molar-refractivity contribution is 0.0323. The van der Waals surface area contributed by atoms with Crippen molar-refractivity contribution < 1.29 is 14.7 Å². The van der Waals surface area contributed by atoms with Crippen LogP contribution in [0.2, 0.25) is 0 Å². The third-order valence-electron chi connectivity index (χ3n) is 3.17. The number of aromatic nitrogens is 2. The first-order chi connectivity index (χ1) is 9.88. The van der Waals surface area contributed by atoms with Crippen LogP contribution in [0.5, 0.6) is 0 Å². The Morgan fingerprint density at radius 2 is 2.10 bits per heavy atom. The van der Waals surface area contributed by atoms with Crippen LogP contribution in [0.4, 0.5) is 10.7 Å². The van der Waals surface area contributed by atoms with Crippen LogP contribution in [0, 0.1) is 0 Å². The molecule has 1 aromatic heterocycles. The van der Waals surface area contributed by atoms with E-state index in [0.29, 0.717) is 25.5 Å². The van der Waals surface area contributed by atoms with Crippen molar-refractivity contribution in [3.8, 4) is 0 Å². The molecule has 1 fully saturated rings. The summed E-state index contributed by atoms with van der Waals surface area (Å²) in [5.74, 6) is 0.330. The van der Waals surface area contributed by atoms with Crippen molar-refractivity contribution in [1.29, 1.82) is 0 Å². The second kappa shape index (κ2) is 6.26. The third-order valence-corrected chi connectivity index (χ3v) is 3.17. The first kappa shape index (κ1) is 15.5. The van der Waals surface area contributed by atoms with Crippen LogP contribution in [-0.2, 0) is 4.84 Å². The standard InChI is InChI=1S/C14H22N4O3/c1-14(2,3)18(12-15-7-5-8-16-12)21-13(20)17-9-4-6-11(19)10-17/h5,7-8,11,19H,4,6,9-10H2,1-3H3. The predicted octanol–water partition coefficient (Wildman–Crippen LogP) is 1.59. The molecule has 0 bridgehead atoms. The van der Waals surface area contributed by atoms with Gasteiger partial charge in [-0.1, -0.05) is 0 Å². The number of amides is 1. The maximum atomic E-state index is 12.3. The molecule has 2 rings (SSSR count). The molecular weight excluding hydrogens is 272 g/mol. The van der Waals surface area contributed by atoms with Gasteiger partial charge >= 0.3 is 6.09 Å². The molecule has 0 aliphatic carbocycles. The number of anilines is 1. The number of hydrogen-bond acceptors (Lipinski definition) is 6. The summed E-state index contributed by atoms with van der Waals surface area (Å²) in [6, 6.07) is 1.70. The fourth-order valence-electron chi connectivity index (χ4n) is 2.13. The van der Waals surface area contributed by atoms with E-state index in [0.717, 1.165) is 6.42 Å². The van der Waals surface area contributed by atoms with Crippen molar-refractivity contribution in [2.75, 3.05) is 18.2 Å². The fraction of sp³-hybridized carbons (Fsp3) is 0.643. The largest absolute Gasteiger partial charge is 0.434 e. The molecule has 1 atom stereocenters. The Bertz CT molecular complexity index is 475. The van der Waals surface area contributed by atoms with Crippen LogP contribution in [0.25, 0.3) is 0 Å². The highest BCUT2D eigenvalue weighted by atomic mass is 16.7. The molecule has 1 aliphatic rings. The first-order valence-corrected chi connectivity index (χ1v) is 7.10. The van der Waals surface area contributed by atoms with Crippen molar-refractivity contribution in [1.82, 2.24) is 14.9 Å². The molecule has 1 aliphatic heterocycles. The molecule has 116 valence electrons. The van der Waals surface area contributed by atoms with E-state index in [1.165, 1.54) is 9.96 Å². The van der Waals surface area contributed by atoms with Crippen molar-refractivity contribution >= 4 is 12.0 Å². The highest BCUT2D eigenvalue weighted by Gasteiger charge is 2.31. The molecule has 1 unspecified atom stereocenters. The Morgan fingerprint density at radius 1 is 1.43 bits per heavy atom. The van der Waals surface area contributed by atoms with Gasteiger partial charge in [-0.2, -0.15) is 5.06 Å². The van der Waals surface area contributed by atoms with Crippen molar-refractivity contribution in [2.45, 2.75) is 45.3 Å². The van der Waals surface area contributed by atoms with Gasteiger partial charge < -0.3 is 14.8 Å². The van der Waals surface area contributed by atoms with Gasteiger partial charge in [0, 0.05) is 25.5 Å². The molecule has 0 saturated carbocycles. The number of aliphatic hydroxyl groups is 1. The number of carbonyl (C=O) groups is 1. The molecule has 1 aromatic rings. The van der Waals surface area contributed by atoms with Gasteiger partial charge in [-0.3, -0.25) is 0 Å². The summed E-state index contributed by atoms with van der Waals surface area (Å²) in [5.41, 5.74) is -0.481. The van der Waals surface area contributed by atoms with E-state index in [1.54, 1.807) is 18.5 Å². The zero-order valence-corrected chi connectivity index (χ0v) is 12.7. The van der Waals surface area contributed by atoms with Crippen molar-refractivity contribution in [3.05, 3.63) is 18.5 Å². The summed E-state index contributed by atoms with van der Waals surface area (Å²) < 4.78 is 0. The minimum Gasteiger partial charge on any atom is -0.391 e. The average Bonchev–Trinajstić information content (AvgIpc) is 2.44. The zero-order chi connectivity index (χ0) is 15.5. The summed E-state index contributed by atoms with van der Waals surface area (Å²) in [5, 5.41) is 11.1. The van der Waals surface area contributed by atoms with E-state index in [1.807, 2.05) is 20.8 Å². The molecule has 0 aromatic carbocycles. The van der Waals surface area contributed by atoms with E-state index in [2.05, 4.69) is 9.97 Å². The van der Waals surface area contributed by atoms with E-state index in [-0.39, 0.29) is 0 Å². The first-order valence-electron chi connectivity index (χ1n) is 7.10. The monoisotopic (exact) mass is 294 g/mol. The van der Waals surface area contributed by atoms with Crippen LogP contribution < -0.4 is 5.06 Å². The van der Waals surface area contributed by atoms with Crippen LogP contribution in [-0.4, -0.2) is 50.8 Å². The van der Waals surface area contributed by atoms with Crippen LogP contribution >= 0.6 is 0 Å². The number of aliphatic hydroxyl groups excluding tert-OH is 1. The van der Waals surface area contributed by atoms with Gasteiger partial charge in [0.2, 0.25) is 0 Å². The molecule has 7 nitrogen and oxygen atoms in total. The molecule has 2 heterocycles. The lowest BCUT2D eigenvalue weighted by Gasteiger charge is -2.36. The van der Waals surface area contributed by atoms with Gasteiger partial charge in [0.15, 0.2) is 0 Å². The molecule has 0 radical (unpaired) electrons. The molecule has 7 heteroatoms. The fourth-order valence-corrected chi connectivity index (χ4v) is 2.13. The van der Waals surface area contributed by atoms with Gasteiger partial charge in [-0.25, -0.2) is 14.8 Å². The maximum absolute atomic E-state index is 12.3. The van der Waals surface area contributed by atoms with Gasteiger partial charge in [-0.05, 0) is 39.7 Å². The summed E-state index contributed by atoms with van der Waals surface area (Å²) in [6.45, 7) is 6.60. The topological polar surface area (TPSA) is 78.8 Å². The highest BCUT2D eigenvalue weighted by molar-refractivity contribution is 5.69. The SMILES string of the molecule is CC(C)(C)N(OC(=O)N1CCCC(O)C1)c1ncccn1. The minimum atomic E-state index is -0.490. The molecule has 1 amide bonds. The van der Waals surface area contributed by atoms with E-state index >= 15 is 0 Å². The molecular formula is C14H22N4O3. The predicted molar refractivity (Wildman–Crippen MR) is 77.6 cm³/mol. The maximum Gasteiger partial charge on any atom is 0.434 e. The van der Waals surface area contributed by atoms with Gasteiger partial charge in [0.25, 0.3) is 5.95 Å². The van der Waals surface area contributed by atoms with Crippen molar-refractivity contribution in [2.24, 2.45) is 0 Å². The summed E-state index contributed by atoms with van der Waals surface area (Å²) in [7, 11) is 0. The van der Waals surface area contributed by atoms with Crippen LogP contribution in [0.3, 0.4) is 0 Å². The number of piperidine rings is 1. The van der Waals surface area contributed by atoms with E-state index in [4.69, 9.17) is 4.84 Å². The lowest BCUT2D eigenvalue weighted by atomic mass is 10.1. The second-order valence-corrected chi connectivity index (χ2v) is 6.11. The van der Waals surface area contributed by atoms with Crippen LogP contribution in [0.15, 0.2) is 18.5 Å². The van der Waals surface area contributed by atoms with Gasteiger partial charge in [-0.15, -0.1) is 0 Å². The number of likely N-dealkylation sites (tertiary alicyclic amines) is 1. The third kappa shape index (κ3) is 4.04. The average molecular weight is 294 g/mol. The number of nitrogens with zero attached hydrogens (tertiary/aromatic N) is 4. The van der Waals surface area contributed by atoms with E-state index in [9.17, 15) is 9.90 Å². The Kier molecular flexibility index (Phi) is 4.62. The Balaban J connectivity index is 2.10. The molecule has 21 heavy (non-hydrogen) atoms. The molecule has 0 spiro atoms. The smallest absolute Gasteiger partial charge is 0.391 e. The minimum absolute atomic E-state index is 0.298. The summed E-state index contributed by atoms with van der Waals surface area (Å²) in [4.78, 5) is 27.5. The Labute approximate surface area is 124 Å². The second-order valence-electron chi connectivity index (χ2n) is 6.11. The normalized spacial score (nSPS) is 19.2. The number of hydroxylamine groups is 1. The number of rotatable bonds is 2. The van der Waals surface area contributed by atoms with Gasteiger partial charge in [0.05, 0.1) is 11.6 Å². The summed E-state index contributed by atoms with van der Waals surface area (Å²) >= 11 is 0. The Hall–Kier alpha value is -1.89. The zero-order valence-electron chi connectivity index (χ0n) is 12.7. The Morgan fingerprint density at radius 3 is 2.67 bits per heavy atom. The summed E-state index contributed by atoms with van der Waals surface area (Å²) in [6.07, 6.45) is 3.71. The van der Waals surface area contributed by atoms with Crippen molar-refractivity contribution in [3.63, 3.8) is 0 Å². The number of carbonyl (C=O) groups excluding carboxylic acids is 1. The highest BCUT2D eigenvalue weighted by Crippen LogP contribution is 2.21. The molecule has 1 N–H and O–H groups in total.